The molecule has 0 heterocycles. The fourth-order valence-corrected chi connectivity index (χ4v) is 3.82. The van der Waals surface area contributed by atoms with Crippen molar-refractivity contribution in [2.24, 2.45) is 0 Å². The van der Waals surface area contributed by atoms with Crippen LogP contribution in [0.25, 0.3) is 10.8 Å². The molecule has 0 saturated heterocycles. The molecule has 3 aromatic carbocycles. The Labute approximate surface area is 162 Å². The van der Waals surface area contributed by atoms with Gasteiger partial charge in [0.2, 0.25) is 0 Å². The molecule has 0 saturated carbocycles. The Bertz CT molecular complexity index is 1060. The van der Waals surface area contributed by atoms with Gasteiger partial charge in [0.15, 0.2) is 0 Å². The van der Waals surface area contributed by atoms with Crippen LogP contribution in [0.4, 0.5) is 0 Å². The molecule has 1 atom stereocenters. The van der Waals surface area contributed by atoms with Crippen LogP contribution in [-0.4, -0.2) is 29.3 Å². The molecule has 0 aliphatic rings. The number of aryl methyl sites for hydroxylation is 1. The van der Waals surface area contributed by atoms with Crippen molar-refractivity contribution in [3.05, 3.63) is 70.7 Å². The zero-order valence-corrected chi connectivity index (χ0v) is 15.9. The average molecular weight is 407 g/mol. The van der Waals surface area contributed by atoms with Crippen LogP contribution in [0.3, 0.4) is 0 Å². The summed E-state index contributed by atoms with van der Waals surface area (Å²) in [6.07, 6.45) is 0.498. The minimum atomic E-state index is -4.21. The van der Waals surface area contributed by atoms with Crippen molar-refractivity contribution in [3.63, 3.8) is 0 Å². The van der Waals surface area contributed by atoms with E-state index in [1.807, 2.05) is 18.2 Å². The number of hydrogen-bond acceptors (Lipinski definition) is 4. The van der Waals surface area contributed by atoms with Crippen LogP contribution in [0.1, 0.15) is 17.5 Å². The highest BCUT2D eigenvalue weighted by atomic mass is 35.5. The summed E-state index contributed by atoms with van der Waals surface area (Å²) in [5.74, 6) is 0.117. The van der Waals surface area contributed by atoms with Gasteiger partial charge < -0.3 is 10.2 Å². The van der Waals surface area contributed by atoms with Crippen molar-refractivity contribution >= 4 is 32.5 Å². The van der Waals surface area contributed by atoms with E-state index in [2.05, 4.69) is 0 Å². The van der Waals surface area contributed by atoms with Crippen LogP contribution in [0.2, 0.25) is 5.02 Å². The number of aliphatic hydroxyl groups excluding tert-OH is 1. The number of benzene rings is 3. The molecule has 5 nitrogen and oxygen atoms in total. The van der Waals surface area contributed by atoms with E-state index in [1.165, 1.54) is 12.1 Å². The van der Waals surface area contributed by atoms with Crippen LogP contribution in [-0.2, 0) is 23.0 Å². The smallest absolute Gasteiger partial charge is 0.294 e. The van der Waals surface area contributed by atoms with E-state index in [-0.39, 0.29) is 17.1 Å². The fourth-order valence-electron chi connectivity index (χ4n) is 3.04. The molecule has 3 rings (SSSR count). The Balaban J connectivity index is 1.68. The van der Waals surface area contributed by atoms with Crippen molar-refractivity contribution in [2.45, 2.75) is 30.3 Å². The molecular formula is C20H19ClO5S. The molecule has 0 spiro atoms. The summed E-state index contributed by atoms with van der Waals surface area (Å²) in [7, 11) is -4.21. The zero-order valence-electron chi connectivity index (χ0n) is 14.3. The second-order valence-corrected chi connectivity index (χ2v) is 8.26. The number of rotatable bonds is 6. The third-order valence-electron chi connectivity index (χ3n) is 4.49. The van der Waals surface area contributed by atoms with Crippen LogP contribution >= 0.6 is 11.6 Å². The van der Waals surface area contributed by atoms with E-state index < -0.39 is 16.2 Å². The largest absolute Gasteiger partial charge is 0.507 e. The number of aromatic hydroxyl groups is 1. The molecule has 27 heavy (non-hydrogen) atoms. The van der Waals surface area contributed by atoms with Gasteiger partial charge in [-0.25, -0.2) is 0 Å². The third-order valence-corrected chi connectivity index (χ3v) is 5.67. The second kappa shape index (κ2) is 7.86. The van der Waals surface area contributed by atoms with E-state index in [0.29, 0.717) is 28.8 Å². The highest BCUT2D eigenvalue weighted by Gasteiger charge is 2.14. The van der Waals surface area contributed by atoms with Crippen LogP contribution in [0.15, 0.2) is 59.5 Å². The lowest BCUT2D eigenvalue weighted by Gasteiger charge is -2.14. The molecule has 0 aromatic heterocycles. The molecule has 0 fully saturated rings. The molecule has 7 heteroatoms. The molecule has 142 valence electrons. The number of phenols is 1. The Hall–Kier alpha value is -2.12. The maximum atomic E-state index is 11.0. The summed E-state index contributed by atoms with van der Waals surface area (Å²) in [6, 6.07) is 14.8. The molecular weight excluding hydrogens is 388 g/mol. The summed E-state index contributed by atoms with van der Waals surface area (Å²) in [6.45, 7) is 0. The lowest BCUT2D eigenvalue weighted by molar-refractivity contribution is 0.164. The first kappa shape index (κ1) is 19.6. The Morgan fingerprint density at radius 1 is 1.00 bits per heavy atom. The average Bonchev–Trinajstić information content (AvgIpc) is 2.64. The first-order valence-corrected chi connectivity index (χ1v) is 10.2. The SMILES string of the molecule is O=S(=O)(O)c1ccc(CCC(O)Cc2cc(Cl)c3ccccc3c2O)cc1. The van der Waals surface area contributed by atoms with Gasteiger partial charge in [0, 0.05) is 22.2 Å². The zero-order chi connectivity index (χ0) is 19.6. The highest BCUT2D eigenvalue weighted by molar-refractivity contribution is 7.85. The quantitative estimate of drug-likeness (QED) is 0.538. The van der Waals surface area contributed by atoms with Gasteiger partial charge in [-0.1, -0.05) is 48.0 Å². The molecule has 0 radical (unpaired) electrons. The summed E-state index contributed by atoms with van der Waals surface area (Å²) in [4.78, 5) is -0.164. The van der Waals surface area contributed by atoms with Gasteiger partial charge in [-0.3, -0.25) is 4.55 Å². The van der Waals surface area contributed by atoms with Crippen molar-refractivity contribution in [2.75, 3.05) is 0 Å². The van der Waals surface area contributed by atoms with Crippen LogP contribution < -0.4 is 0 Å². The minimum Gasteiger partial charge on any atom is -0.507 e. The van der Waals surface area contributed by atoms with E-state index >= 15 is 0 Å². The fraction of sp³-hybridized carbons (Fsp3) is 0.200. The molecule has 1 unspecified atom stereocenters. The number of halogens is 1. The maximum Gasteiger partial charge on any atom is 0.294 e. The van der Waals surface area contributed by atoms with Gasteiger partial charge in [0.25, 0.3) is 10.1 Å². The van der Waals surface area contributed by atoms with Gasteiger partial charge in [-0.15, -0.1) is 0 Å². The van der Waals surface area contributed by atoms with Crippen molar-refractivity contribution in [1.82, 2.24) is 0 Å². The van der Waals surface area contributed by atoms with Crippen molar-refractivity contribution in [1.29, 1.82) is 0 Å². The summed E-state index contributed by atoms with van der Waals surface area (Å²) < 4.78 is 31.1. The van der Waals surface area contributed by atoms with Gasteiger partial charge >= 0.3 is 0 Å². The number of phenolic OH excluding ortho intramolecular Hbond substituents is 1. The van der Waals surface area contributed by atoms with E-state index in [0.717, 1.165) is 10.9 Å². The topological polar surface area (TPSA) is 94.8 Å². The van der Waals surface area contributed by atoms with Crippen molar-refractivity contribution in [3.8, 4) is 5.75 Å². The van der Waals surface area contributed by atoms with E-state index in [4.69, 9.17) is 16.2 Å². The second-order valence-electron chi connectivity index (χ2n) is 6.43. The van der Waals surface area contributed by atoms with Crippen LogP contribution in [0.5, 0.6) is 5.75 Å². The number of aliphatic hydroxyl groups is 1. The molecule has 0 aliphatic carbocycles. The molecule has 0 bridgehead atoms. The summed E-state index contributed by atoms with van der Waals surface area (Å²) in [5.41, 5.74) is 1.41. The Morgan fingerprint density at radius 2 is 1.63 bits per heavy atom. The molecule has 0 amide bonds. The van der Waals surface area contributed by atoms with Crippen LogP contribution in [0, 0.1) is 0 Å². The Morgan fingerprint density at radius 3 is 2.26 bits per heavy atom. The standard InChI is InChI=1S/C20H19ClO5S/c21-19-12-14(20(23)18-4-2-1-3-17(18)19)11-15(22)8-5-13-6-9-16(10-7-13)27(24,25)26/h1-4,6-7,9-10,12,15,22-23H,5,8,11H2,(H,24,25,26). The lowest BCUT2D eigenvalue weighted by Crippen LogP contribution is -2.12. The minimum absolute atomic E-state index is 0.117. The number of fused-ring (bicyclic) bond motifs is 1. The van der Waals surface area contributed by atoms with Gasteiger partial charge in [0.1, 0.15) is 5.75 Å². The van der Waals surface area contributed by atoms with E-state index in [9.17, 15) is 18.6 Å². The summed E-state index contributed by atoms with van der Waals surface area (Å²) >= 11 is 6.28. The van der Waals surface area contributed by atoms with E-state index in [1.54, 1.807) is 24.3 Å². The molecule has 0 aliphatic heterocycles. The molecule has 3 N–H and O–H groups in total. The number of hydrogen-bond donors (Lipinski definition) is 3. The Kier molecular flexibility index (Phi) is 5.72. The monoisotopic (exact) mass is 406 g/mol. The van der Waals surface area contributed by atoms with Crippen molar-refractivity contribution < 1.29 is 23.2 Å². The first-order valence-electron chi connectivity index (χ1n) is 8.39. The lowest BCUT2D eigenvalue weighted by atomic mass is 9.98. The third kappa shape index (κ3) is 4.59. The predicted molar refractivity (Wildman–Crippen MR) is 105 cm³/mol. The highest BCUT2D eigenvalue weighted by Crippen LogP contribution is 2.35. The van der Waals surface area contributed by atoms with Gasteiger partial charge in [0.05, 0.1) is 11.0 Å². The molecule has 3 aromatic rings. The first-order chi connectivity index (χ1) is 12.8. The predicted octanol–water partition coefficient (Wildman–Crippen LogP) is 3.98. The van der Waals surface area contributed by atoms with Gasteiger partial charge in [-0.2, -0.15) is 8.42 Å². The maximum absolute atomic E-state index is 11.0. The van der Waals surface area contributed by atoms with Gasteiger partial charge in [-0.05, 0) is 42.2 Å². The normalized spacial score (nSPS) is 13.0. The summed E-state index contributed by atoms with van der Waals surface area (Å²) in [5, 5.41) is 22.7.